The number of carboxylic acid groups (broad SMARTS) is 1. The smallest absolute Gasteiger partial charge is 0.352 e. The van der Waals surface area contributed by atoms with Gasteiger partial charge in [-0.3, -0.25) is 28.9 Å². The van der Waals surface area contributed by atoms with Crippen LogP contribution in [0.2, 0.25) is 5.02 Å². The number of hydrogen-bond acceptors (Lipinski definition) is 16. The van der Waals surface area contributed by atoms with Crippen molar-refractivity contribution in [3.8, 4) is 21.9 Å². The lowest BCUT2D eigenvalue weighted by atomic mass is 10.0. The van der Waals surface area contributed by atoms with Gasteiger partial charge >= 0.3 is 11.9 Å². The summed E-state index contributed by atoms with van der Waals surface area (Å²) in [7, 11) is -3.71. The SMILES string of the molecule is C=C1CCC(N2C(=O)c3cccc(OCC(=O)NCCOCCOCCC(=O)Nc4cccc(CS(=O)(=O)N5CCC(Nc6cccc(-c7sc(C(=O)OC(C)(C)C)c(OCC(=O)O)c7Cl)c6)CC5)c4)c3C2=O)C(=O)N1. The number of nitrogens with zero attached hydrogens (tertiary/aromatic N) is 2. The molecule has 0 saturated carbocycles. The van der Waals surface area contributed by atoms with E-state index in [0.717, 1.165) is 21.9 Å². The van der Waals surface area contributed by atoms with Crippen LogP contribution in [0.15, 0.2) is 79.0 Å². The van der Waals surface area contributed by atoms with Crippen molar-refractivity contribution in [2.45, 2.75) is 76.3 Å². The molecule has 0 bridgehead atoms. The topological polar surface area (TPSA) is 275 Å². The molecule has 2 saturated heterocycles. The standard InChI is InChI=1S/C52H59ClN6O15S2/c1-31-14-15-38(48(64)55-31)59-49(65)37-12-7-13-39(43(37)50(59)66)72-28-41(61)54-19-23-71-25-24-70-22-18-40(60)57-35-10-5-8-32(26-35)30-76(68,69)58-20-16-34(17-21-58)56-36-11-6-9-33(27-36)46-44(53)45(73-29-42(62)63)47(75-46)51(67)74-52(2,3)4/h5-13,26-27,34,38,56H,1,14-25,28-30H2,2-4H3,(H,54,61)(H,55,64)(H,57,60)(H,62,63). The number of hydrogen-bond donors (Lipinski definition) is 5. The second-order valence-electron chi connectivity index (χ2n) is 18.9. The zero-order chi connectivity index (χ0) is 54.7. The van der Waals surface area contributed by atoms with E-state index in [2.05, 4.69) is 27.8 Å². The van der Waals surface area contributed by atoms with Gasteiger partial charge in [0.2, 0.25) is 21.8 Å². The number of halogens is 1. The minimum Gasteiger partial charge on any atom is -0.483 e. The van der Waals surface area contributed by atoms with Crippen LogP contribution < -0.4 is 30.7 Å². The van der Waals surface area contributed by atoms with Gasteiger partial charge < -0.3 is 50.1 Å². The number of ether oxygens (including phenoxy) is 5. The molecule has 0 radical (unpaired) electrons. The van der Waals surface area contributed by atoms with Crippen molar-refractivity contribution < 1.29 is 70.8 Å². The average molecular weight is 1110 g/mol. The molecular formula is C52H59ClN6O15S2. The first-order valence-electron chi connectivity index (χ1n) is 24.4. The monoisotopic (exact) mass is 1110 g/mol. The van der Waals surface area contributed by atoms with Crippen molar-refractivity contribution in [3.63, 3.8) is 0 Å². The van der Waals surface area contributed by atoms with Gasteiger partial charge in [0.15, 0.2) is 23.8 Å². The molecule has 2 fully saturated rings. The Balaban J connectivity index is 0.774. The molecule has 1 unspecified atom stereocenters. The van der Waals surface area contributed by atoms with Crippen LogP contribution in [0.25, 0.3) is 10.4 Å². The molecule has 406 valence electrons. The van der Waals surface area contributed by atoms with Crippen LogP contribution in [0.4, 0.5) is 11.4 Å². The summed E-state index contributed by atoms with van der Waals surface area (Å²) < 4.78 is 56.2. The van der Waals surface area contributed by atoms with E-state index in [9.17, 15) is 47.1 Å². The number of thiophene rings is 1. The average Bonchev–Trinajstić information content (AvgIpc) is 3.83. The van der Waals surface area contributed by atoms with Crippen molar-refractivity contribution in [3.05, 3.63) is 106 Å². The van der Waals surface area contributed by atoms with Crippen molar-refractivity contribution >= 4 is 85.8 Å². The summed E-state index contributed by atoms with van der Waals surface area (Å²) in [5.74, 6) is -4.82. The highest BCUT2D eigenvalue weighted by Gasteiger charge is 2.45. The van der Waals surface area contributed by atoms with Crippen LogP contribution in [0.1, 0.15) is 88.8 Å². The molecule has 5 N–H and O–H groups in total. The summed E-state index contributed by atoms with van der Waals surface area (Å²) in [5, 5.41) is 20.8. The van der Waals surface area contributed by atoms with Gasteiger partial charge in [-0.2, -0.15) is 0 Å². The molecule has 0 aliphatic carbocycles. The largest absolute Gasteiger partial charge is 0.483 e. The van der Waals surface area contributed by atoms with E-state index >= 15 is 0 Å². The molecule has 4 heterocycles. The van der Waals surface area contributed by atoms with Crippen LogP contribution in [0.3, 0.4) is 0 Å². The molecule has 3 aliphatic rings. The van der Waals surface area contributed by atoms with Gasteiger partial charge in [0.1, 0.15) is 22.4 Å². The van der Waals surface area contributed by atoms with Gasteiger partial charge in [-0.25, -0.2) is 22.3 Å². The Bertz CT molecular complexity index is 2990. The maximum Gasteiger partial charge on any atom is 0.352 e. The second kappa shape index (κ2) is 25.3. The van der Waals surface area contributed by atoms with E-state index in [1.165, 1.54) is 22.5 Å². The Hall–Kier alpha value is -6.89. The number of esters is 1. The number of carbonyl (C=O) groups excluding carboxylic acids is 6. The molecule has 21 nitrogen and oxygen atoms in total. The number of benzene rings is 3. The quantitative estimate of drug-likeness (QED) is 0.0313. The molecule has 24 heteroatoms. The van der Waals surface area contributed by atoms with Crippen LogP contribution in [-0.4, -0.2) is 141 Å². The molecule has 0 spiro atoms. The Morgan fingerprint density at radius 3 is 2.30 bits per heavy atom. The summed E-state index contributed by atoms with van der Waals surface area (Å²) in [6, 6.07) is 17.4. The van der Waals surface area contributed by atoms with Gasteiger partial charge in [0, 0.05) is 42.7 Å². The lowest BCUT2D eigenvalue weighted by Gasteiger charge is -2.32. The maximum absolute atomic E-state index is 13.6. The van der Waals surface area contributed by atoms with Gasteiger partial charge in [-0.15, -0.1) is 11.3 Å². The summed E-state index contributed by atoms with van der Waals surface area (Å²) in [6.45, 7) is 9.04. The Kier molecular flexibility index (Phi) is 18.9. The minimum absolute atomic E-state index is 0.00808. The third-order valence-electron chi connectivity index (χ3n) is 12.0. The highest BCUT2D eigenvalue weighted by molar-refractivity contribution is 7.88. The van der Waals surface area contributed by atoms with Gasteiger partial charge in [-0.05, 0) is 94.0 Å². The predicted octanol–water partition coefficient (Wildman–Crippen LogP) is 5.84. The van der Waals surface area contributed by atoms with Crippen LogP contribution >= 0.6 is 22.9 Å². The maximum atomic E-state index is 13.6. The van der Waals surface area contributed by atoms with E-state index in [1.807, 2.05) is 12.1 Å². The fourth-order valence-corrected chi connectivity index (χ4v) is 11.5. The van der Waals surface area contributed by atoms with E-state index in [4.69, 9.17) is 35.3 Å². The molecule has 3 aliphatic heterocycles. The number of fused-ring (bicyclic) bond motifs is 1. The van der Waals surface area contributed by atoms with Crippen LogP contribution in [-0.2, 0) is 49.2 Å². The van der Waals surface area contributed by atoms with Gasteiger partial charge in [0.25, 0.3) is 17.7 Å². The predicted molar refractivity (Wildman–Crippen MR) is 281 cm³/mol. The first-order valence-corrected chi connectivity index (χ1v) is 27.2. The van der Waals surface area contributed by atoms with E-state index in [1.54, 1.807) is 57.2 Å². The lowest BCUT2D eigenvalue weighted by Crippen LogP contribution is -2.51. The summed E-state index contributed by atoms with van der Waals surface area (Å²) in [4.78, 5) is 89.9. The molecule has 7 rings (SSSR count). The molecule has 5 amide bonds. The van der Waals surface area contributed by atoms with Crippen molar-refractivity contribution in [2.75, 3.05) is 69.9 Å². The minimum atomic E-state index is -3.71. The summed E-state index contributed by atoms with van der Waals surface area (Å²) in [6.07, 6.45) is 1.75. The third-order valence-corrected chi connectivity index (χ3v) is 15.5. The summed E-state index contributed by atoms with van der Waals surface area (Å²) >= 11 is 7.73. The Morgan fingerprint density at radius 2 is 1.58 bits per heavy atom. The number of carbonyl (C=O) groups is 7. The first kappa shape index (κ1) is 56.8. The first-order chi connectivity index (χ1) is 36.2. The van der Waals surface area contributed by atoms with Crippen molar-refractivity contribution in [1.82, 2.24) is 19.8 Å². The molecule has 3 aromatic carbocycles. The number of piperidine rings is 2. The van der Waals surface area contributed by atoms with Gasteiger partial charge in [-0.1, -0.05) is 48.5 Å². The molecule has 1 aromatic heterocycles. The third kappa shape index (κ3) is 14.9. The summed E-state index contributed by atoms with van der Waals surface area (Å²) in [5.41, 5.74) is 2.10. The van der Waals surface area contributed by atoms with Crippen molar-refractivity contribution in [1.29, 1.82) is 0 Å². The van der Waals surface area contributed by atoms with E-state index in [-0.39, 0.29) is 109 Å². The number of nitrogens with one attached hydrogen (secondary N) is 4. The number of rotatable bonds is 24. The number of aliphatic carboxylic acids is 1. The highest BCUT2D eigenvalue weighted by atomic mass is 35.5. The van der Waals surface area contributed by atoms with E-state index < -0.39 is 70.4 Å². The van der Waals surface area contributed by atoms with Crippen LogP contribution in [0, 0.1) is 0 Å². The van der Waals surface area contributed by atoms with Crippen molar-refractivity contribution in [2.24, 2.45) is 0 Å². The Labute approximate surface area is 448 Å². The molecular weight excluding hydrogens is 1050 g/mol. The van der Waals surface area contributed by atoms with Gasteiger partial charge in [0.05, 0.1) is 54.6 Å². The number of imide groups is 1. The normalized spacial score (nSPS) is 16.2. The number of amides is 5. The fraction of sp³-hybridized carbons (Fsp3) is 0.404. The number of carboxylic acids is 1. The lowest BCUT2D eigenvalue weighted by molar-refractivity contribution is -0.139. The van der Waals surface area contributed by atoms with E-state index in [0.29, 0.717) is 46.7 Å². The molecule has 4 aromatic rings. The number of allylic oxidation sites excluding steroid dienone is 1. The van der Waals surface area contributed by atoms with Crippen LogP contribution in [0.5, 0.6) is 11.5 Å². The zero-order valence-electron chi connectivity index (χ0n) is 42.1. The second-order valence-corrected chi connectivity index (χ2v) is 22.3. The molecule has 1 atom stereocenters. The highest BCUT2D eigenvalue weighted by Crippen LogP contribution is 2.47. The fourth-order valence-electron chi connectivity index (χ4n) is 8.46. The zero-order valence-corrected chi connectivity index (χ0v) is 44.5. The molecule has 76 heavy (non-hydrogen) atoms. The Morgan fingerprint density at radius 1 is 0.868 bits per heavy atom. The number of anilines is 2. The number of sulfonamides is 1.